The Hall–Kier alpha value is -1.22. The maximum absolute atomic E-state index is 11.1. The Morgan fingerprint density at radius 1 is 1.03 bits per heavy atom. The zero-order valence-corrected chi connectivity index (χ0v) is 22.2. The molecule has 0 heterocycles. The van der Waals surface area contributed by atoms with E-state index >= 15 is 0 Å². The van der Waals surface area contributed by atoms with Crippen molar-refractivity contribution in [2.24, 2.45) is 5.92 Å². The Balaban J connectivity index is 2.09. The molecule has 0 aromatic heterocycles. The summed E-state index contributed by atoms with van der Waals surface area (Å²) in [6.45, 7) is 6.36. The van der Waals surface area contributed by atoms with Gasteiger partial charge in [-0.3, -0.25) is 0 Å². The van der Waals surface area contributed by atoms with Crippen LogP contribution in [0.2, 0.25) is 10.0 Å². The van der Waals surface area contributed by atoms with Gasteiger partial charge in [0.25, 0.3) is 0 Å². The van der Waals surface area contributed by atoms with Crippen LogP contribution in [-0.2, 0) is 15.4 Å². The van der Waals surface area contributed by atoms with E-state index in [2.05, 4.69) is 18.6 Å². The lowest BCUT2D eigenvalue weighted by Crippen LogP contribution is -2.34. The lowest BCUT2D eigenvalue weighted by molar-refractivity contribution is 0.111. The minimum absolute atomic E-state index is 0.0414. The number of halogens is 3. The third-order valence-electron chi connectivity index (χ3n) is 5.10. The normalized spacial score (nSPS) is 14.1. The number of nitrogens with one attached hydrogen (secondary N) is 1. The summed E-state index contributed by atoms with van der Waals surface area (Å²) in [4.78, 5) is 0. The Bertz CT molecular complexity index is 1010. The maximum Gasteiger partial charge on any atom is 0.208 e. The van der Waals surface area contributed by atoms with Gasteiger partial charge in [0.15, 0.2) is 5.75 Å². The molecule has 2 rings (SSSR count). The molecule has 184 valence electrons. The second kappa shape index (κ2) is 12.0. The van der Waals surface area contributed by atoms with Crippen molar-refractivity contribution in [3.05, 3.63) is 57.6 Å². The van der Waals surface area contributed by atoms with Crippen LogP contribution < -0.4 is 14.2 Å². The third-order valence-corrected chi connectivity index (χ3v) is 6.87. The molecule has 0 saturated heterocycles. The van der Waals surface area contributed by atoms with Crippen molar-refractivity contribution < 1.29 is 23.0 Å². The van der Waals surface area contributed by atoms with Crippen LogP contribution in [0, 0.1) is 5.92 Å². The summed E-state index contributed by atoms with van der Waals surface area (Å²) in [6.07, 6.45) is 0.0673. The van der Waals surface area contributed by atoms with Gasteiger partial charge >= 0.3 is 0 Å². The van der Waals surface area contributed by atoms with Crippen LogP contribution in [0.5, 0.6) is 11.5 Å². The van der Waals surface area contributed by atoms with Crippen LogP contribution in [0.25, 0.3) is 0 Å². The van der Waals surface area contributed by atoms with Gasteiger partial charge in [-0.2, -0.15) is 0 Å². The van der Waals surface area contributed by atoms with E-state index in [9.17, 15) is 13.5 Å². The van der Waals surface area contributed by atoms with E-state index in [1.54, 1.807) is 12.1 Å². The number of sulfonamides is 1. The molecule has 2 atom stereocenters. The fourth-order valence-corrected chi connectivity index (χ4v) is 4.14. The first-order valence-electron chi connectivity index (χ1n) is 10.4. The van der Waals surface area contributed by atoms with E-state index in [1.165, 1.54) is 0 Å². The molecule has 2 aromatic rings. The number of aliphatic hydroxyl groups is 1. The molecule has 0 amide bonds. The van der Waals surface area contributed by atoms with E-state index in [-0.39, 0.29) is 19.1 Å². The van der Waals surface area contributed by atoms with Crippen LogP contribution >= 0.6 is 34.8 Å². The molecule has 2 aromatic carbocycles. The van der Waals surface area contributed by atoms with E-state index in [1.807, 2.05) is 31.2 Å². The van der Waals surface area contributed by atoms with Crippen LogP contribution in [0.15, 0.2) is 36.4 Å². The maximum atomic E-state index is 11.1. The van der Waals surface area contributed by atoms with Gasteiger partial charge in [-0.05, 0) is 35.4 Å². The monoisotopic (exact) mass is 537 g/mol. The highest BCUT2D eigenvalue weighted by Crippen LogP contribution is 2.40. The summed E-state index contributed by atoms with van der Waals surface area (Å²) >= 11 is 18.8. The van der Waals surface area contributed by atoms with Gasteiger partial charge in [-0.25, -0.2) is 13.1 Å². The minimum Gasteiger partial charge on any atom is -0.491 e. The van der Waals surface area contributed by atoms with Gasteiger partial charge in [-0.1, -0.05) is 56.1 Å². The predicted molar refractivity (Wildman–Crippen MR) is 135 cm³/mol. The van der Waals surface area contributed by atoms with Crippen molar-refractivity contribution in [2.75, 3.05) is 31.9 Å². The SMILES string of the molecule is C[C@H](CCl)COc1c(Cl)cc(C(C)(C)c2ccc(OC[C@H](O)CNS(C)(=O)=O)cc2)cc1Cl. The molecule has 0 fully saturated rings. The fourth-order valence-electron chi connectivity index (χ4n) is 2.96. The van der Waals surface area contributed by atoms with Crippen molar-refractivity contribution in [1.29, 1.82) is 0 Å². The molecule has 0 spiro atoms. The van der Waals surface area contributed by atoms with Crippen LogP contribution in [0.1, 0.15) is 31.9 Å². The quantitative estimate of drug-likeness (QED) is 0.377. The van der Waals surface area contributed by atoms with Crippen molar-refractivity contribution in [2.45, 2.75) is 32.3 Å². The highest BCUT2D eigenvalue weighted by molar-refractivity contribution is 7.88. The summed E-state index contributed by atoms with van der Waals surface area (Å²) in [5.74, 6) is 1.66. The average Bonchev–Trinajstić information content (AvgIpc) is 2.75. The average molecular weight is 539 g/mol. The first-order chi connectivity index (χ1) is 15.3. The second-order valence-electron chi connectivity index (χ2n) is 8.57. The summed E-state index contributed by atoms with van der Waals surface area (Å²) < 4.78 is 35.8. The van der Waals surface area contributed by atoms with Crippen molar-refractivity contribution in [1.82, 2.24) is 4.72 Å². The minimum atomic E-state index is -3.37. The smallest absolute Gasteiger partial charge is 0.208 e. The number of alkyl halides is 1. The Morgan fingerprint density at radius 2 is 1.61 bits per heavy atom. The molecule has 0 aliphatic carbocycles. The Labute approximate surface area is 211 Å². The molecule has 33 heavy (non-hydrogen) atoms. The molecule has 0 aliphatic rings. The van der Waals surface area contributed by atoms with Gasteiger partial charge < -0.3 is 14.6 Å². The molecule has 0 saturated carbocycles. The Morgan fingerprint density at radius 3 is 2.12 bits per heavy atom. The lowest BCUT2D eigenvalue weighted by atomic mass is 9.78. The molecule has 2 N–H and O–H groups in total. The number of aliphatic hydroxyl groups excluding tert-OH is 1. The first kappa shape index (κ1) is 28.0. The van der Waals surface area contributed by atoms with Gasteiger partial charge in [0.1, 0.15) is 18.5 Å². The molecule has 10 heteroatoms. The van der Waals surface area contributed by atoms with E-state index in [0.717, 1.165) is 17.4 Å². The van der Waals surface area contributed by atoms with Gasteiger partial charge in [0, 0.05) is 23.8 Å². The number of rotatable bonds is 12. The highest BCUT2D eigenvalue weighted by atomic mass is 35.5. The molecule has 0 unspecified atom stereocenters. The molecular weight excluding hydrogens is 509 g/mol. The molecule has 0 radical (unpaired) electrons. The van der Waals surface area contributed by atoms with Crippen LogP contribution in [0.4, 0.5) is 0 Å². The largest absolute Gasteiger partial charge is 0.491 e. The number of hydrogen-bond donors (Lipinski definition) is 2. The number of ether oxygens (including phenoxy) is 2. The van der Waals surface area contributed by atoms with Gasteiger partial charge in [0.05, 0.1) is 22.9 Å². The second-order valence-corrected chi connectivity index (χ2v) is 11.5. The summed E-state index contributed by atoms with van der Waals surface area (Å²) in [7, 11) is -3.37. The highest BCUT2D eigenvalue weighted by Gasteiger charge is 2.26. The molecule has 6 nitrogen and oxygen atoms in total. The first-order valence-corrected chi connectivity index (χ1v) is 13.6. The zero-order chi connectivity index (χ0) is 24.8. The number of benzene rings is 2. The number of hydrogen-bond acceptors (Lipinski definition) is 5. The molecular formula is C23H30Cl3NO5S. The Kier molecular flexibility index (Phi) is 10.2. The summed E-state index contributed by atoms with van der Waals surface area (Å²) in [5, 5.41) is 10.7. The topological polar surface area (TPSA) is 84.9 Å². The molecule has 0 bridgehead atoms. The third kappa shape index (κ3) is 8.50. The lowest BCUT2D eigenvalue weighted by Gasteiger charge is -2.27. The van der Waals surface area contributed by atoms with Crippen LogP contribution in [-0.4, -0.2) is 51.5 Å². The van der Waals surface area contributed by atoms with E-state index in [0.29, 0.717) is 34.0 Å². The predicted octanol–water partition coefficient (Wildman–Crippen LogP) is 4.86. The standard InChI is InChI=1S/C23H30Cl3NO5S/c1-15(11-24)13-32-22-20(25)9-17(10-21(22)26)23(2,3)16-5-7-19(8-6-16)31-14-18(28)12-27-33(4,29)30/h5-10,15,18,27-28H,11-14H2,1-4H3/t15-,18-/m1/s1. The van der Waals surface area contributed by atoms with Gasteiger partial charge in [-0.15, -0.1) is 11.6 Å². The fraction of sp³-hybridized carbons (Fsp3) is 0.478. The summed E-state index contributed by atoms with van der Waals surface area (Å²) in [5.41, 5.74) is 1.52. The van der Waals surface area contributed by atoms with Crippen LogP contribution in [0.3, 0.4) is 0 Å². The van der Waals surface area contributed by atoms with Crippen molar-refractivity contribution in [3.8, 4) is 11.5 Å². The van der Waals surface area contributed by atoms with Crippen molar-refractivity contribution >= 4 is 44.8 Å². The zero-order valence-electron chi connectivity index (χ0n) is 19.1. The molecule has 0 aliphatic heterocycles. The van der Waals surface area contributed by atoms with E-state index < -0.39 is 21.5 Å². The van der Waals surface area contributed by atoms with Crippen molar-refractivity contribution in [3.63, 3.8) is 0 Å². The summed E-state index contributed by atoms with van der Waals surface area (Å²) in [6, 6.07) is 11.1. The van der Waals surface area contributed by atoms with Gasteiger partial charge in [0.2, 0.25) is 10.0 Å². The van der Waals surface area contributed by atoms with E-state index in [4.69, 9.17) is 44.3 Å².